The van der Waals surface area contributed by atoms with Gasteiger partial charge in [-0.2, -0.15) is 4.80 Å². The quantitative estimate of drug-likeness (QED) is 0.841. The summed E-state index contributed by atoms with van der Waals surface area (Å²) in [5.74, 6) is -1.69. The molecule has 0 radical (unpaired) electrons. The molecule has 0 aliphatic rings. The smallest absolute Gasteiger partial charge is 0.337 e. The third-order valence-electron chi connectivity index (χ3n) is 2.26. The molecule has 0 saturated heterocycles. The predicted octanol–water partition coefficient (Wildman–Crippen LogP) is 1.02. The van der Waals surface area contributed by atoms with E-state index in [1.165, 1.54) is 7.05 Å². The molecule has 0 aliphatic carbocycles. The lowest BCUT2D eigenvalue weighted by atomic mass is 10.2. The maximum absolute atomic E-state index is 12.2. The van der Waals surface area contributed by atoms with E-state index in [1.807, 2.05) is 4.72 Å². The zero-order chi connectivity index (χ0) is 15.8. The van der Waals surface area contributed by atoms with Gasteiger partial charge in [0.05, 0.1) is 17.6 Å². The maximum Gasteiger partial charge on any atom is 0.337 e. The summed E-state index contributed by atoms with van der Waals surface area (Å²) in [5.41, 5.74) is -0.434. The Morgan fingerprint density at radius 1 is 1.38 bits per heavy atom. The molecule has 2 aromatic rings. The van der Waals surface area contributed by atoms with Crippen LogP contribution in [0.2, 0.25) is 10.0 Å². The number of nitrogens with one attached hydrogen (secondary N) is 1. The Bertz CT molecular complexity index is 820. The van der Waals surface area contributed by atoms with E-state index in [1.54, 1.807) is 0 Å². The number of hydrogen-bond donors (Lipinski definition) is 2. The molecule has 12 heteroatoms. The second-order valence-corrected chi connectivity index (χ2v) is 6.24. The van der Waals surface area contributed by atoms with E-state index in [9.17, 15) is 13.2 Å². The molecular formula is C9H7Cl2N5O4S. The summed E-state index contributed by atoms with van der Waals surface area (Å²) >= 11 is 11.5. The number of aromatic nitrogens is 4. The summed E-state index contributed by atoms with van der Waals surface area (Å²) in [6.45, 7) is 0. The number of carbonyl (C=O) groups is 1. The standard InChI is InChI=1S/C9H7Cl2N5O4S/c1-16-13-9(12-15-16)14-21(19,20)6-3-4(10)2-5(7(6)11)8(17)18/h2-3H,1H3,(H,13,14)(H,17,18). The molecule has 0 saturated carbocycles. The fourth-order valence-corrected chi connectivity index (χ4v) is 3.25. The Labute approximate surface area is 128 Å². The molecule has 0 spiro atoms. The second kappa shape index (κ2) is 5.47. The highest BCUT2D eigenvalue weighted by Crippen LogP contribution is 2.30. The highest BCUT2D eigenvalue weighted by molar-refractivity contribution is 7.92. The number of aryl methyl sites for hydroxylation is 1. The number of sulfonamides is 1. The van der Waals surface area contributed by atoms with Crippen LogP contribution in [0.15, 0.2) is 17.0 Å². The number of carboxylic acids is 1. The lowest BCUT2D eigenvalue weighted by molar-refractivity contribution is 0.0697. The van der Waals surface area contributed by atoms with E-state index >= 15 is 0 Å². The van der Waals surface area contributed by atoms with E-state index in [4.69, 9.17) is 28.3 Å². The van der Waals surface area contributed by atoms with Gasteiger partial charge in [-0.25, -0.2) is 17.9 Å². The first-order valence-electron chi connectivity index (χ1n) is 5.20. The van der Waals surface area contributed by atoms with Crippen molar-refractivity contribution in [1.29, 1.82) is 0 Å². The molecule has 0 atom stereocenters. The minimum Gasteiger partial charge on any atom is -0.478 e. The van der Waals surface area contributed by atoms with Crippen molar-refractivity contribution in [3.63, 3.8) is 0 Å². The zero-order valence-corrected chi connectivity index (χ0v) is 12.6. The largest absolute Gasteiger partial charge is 0.478 e. The van der Waals surface area contributed by atoms with Crippen molar-refractivity contribution >= 4 is 45.1 Å². The average molecular weight is 352 g/mol. The predicted molar refractivity (Wildman–Crippen MR) is 73.0 cm³/mol. The second-order valence-electron chi connectivity index (χ2n) is 3.78. The number of rotatable bonds is 4. The fraction of sp³-hybridized carbons (Fsp3) is 0.111. The van der Waals surface area contributed by atoms with E-state index in [2.05, 4.69) is 15.4 Å². The van der Waals surface area contributed by atoms with Gasteiger partial charge in [0.15, 0.2) is 0 Å². The minimum atomic E-state index is -4.22. The molecule has 0 aliphatic heterocycles. The van der Waals surface area contributed by atoms with Crippen LogP contribution in [0.3, 0.4) is 0 Å². The SMILES string of the molecule is Cn1nnc(NS(=O)(=O)c2cc(Cl)cc(C(=O)O)c2Cl)n1. The highest BCUT2D eigenvalue weighted by Gasteiger charge is 2.25. The summed E-state index contributed by atoms with van der Waals surface area (Å²) in [6, 6.07) is 2.07. The van der Waals surface area contributed by atoms with Crippen LogP contribution in [0, 0.1) is 0 Å². The van der Waals surface area contributed by atoms with Crippen LogP contribution < -0.4 is 4.72 Å². The van der Waals surface area contributed by atoms with E-state index < -0.39 is 31.5 Å². The molecule has 1 aromatic heterocycles. The van der Waals surface area contributed by atoms with Gasteiger partial charge >= 0.3 is 5.97 Å². The number of tetrazole rings is 1. The molecule has 0 amide bonds. The summed E-state index contributed by atoms with van der Waals surface area (Å²) in [4.78, 5) is 11.6. The van der Waals surface area contributed by atoms with Gasteiger partial charge in [-0.05, 0) is 17.3 Å². The first kappa shape index (κ1) is 15.5. The summed E-state index contributed by atoms with van der Waals surface area (Å²) in [7, 11) is -2.77. The topological polar surface area (TPSA) is 127 Å². The number of benzene rings is 1. The van der Waals surface area contributed by atoms with Crippen molar-refractivity contribution in [2.75, 3.05) is 4.72 Å². The van der Waals surface area contributed by atoms with E-state index in [0.717, 1.165) is 16.9 Å². The number of hydrogen-bond acceptors (Lipinski definition) is 6. The summed E-state index contributed by atoms with van der Waals surface area (Å²) in [6.07, 6.45) is 0. The van der Waals surface area contributed by atoms with Gasteiger partial charge in [-0.3, -0.25) is 0 Å². The average Bonchev–Trinajstić information content (AvgIpc) is 2.76. The number of aromatic carboxylic acids is 1. The number of carboxylic acid groups (broad SMARTS) is 1. The Kier molecular flexibility index (Phi) is 4.03. The van der Waals surface area contributed by atoms with Crippen LogP contribution in [-0.4, -0.2) is 39.7 Å². The molecular weight excluding hydrogens is 345 g/mol. The van der Waals surface area contributed by atoms with Crippen molar-refractivity contribution in [1.82, 2.24) is 20.2 Å². The van der Waals surface area contributed by atoms with Crippen molar-refractivity contribution in [2.45, 2.75) is 4.90 Å². The summed E-state index contributed by atoms with van der Waals surface area (Å²) in [5, 5.41) is 19.0. The highest BCUT2D eigenvalue weighted by atomic mass is 35.5. The van der Waals surface area contributed by atoms with Crippen molar-refractivity contribution < 1.29 is 18.3 Å². The molecule has 1 aromatic carbocycles. The maximum atomic E-state index is 12.2. The van der Waals surface area contributed by atoms with Gasteiger partial charge in [0, 0.05) is 5.02 Å². The zero-order valence-electron chi connectivity index (χ0n) is 10.3. The van der Waals surface area contributed by atoms with Crippen molar-refractivity contribution in [3.8, 4) is 0 Å². The van der Waals surface area contributed by atoms with Gasteiger partial charge in [0.2, 0.25) is 0 Å². The Morgan fingerprint density at radius 2 is 2.05 bits per heavy atom. The Morgan fingerprint density at radius 3 is 2.57 bits per heavy atom. The van der Waals surface area contributed by atoms with Crippen molar-refractivity contribution in [2.24, 2.45) is 7.05 Å². The number of anilines is 1. The first-order chi connectivity index (χ1) is 9.70. The van der Waals surface area contributed by atoms with Crippen LogP contribution >= 0.6 is 23.2 Å². The molecule has 2 N–H and O–H groups in total. The molecule has 1 heterocycles. The fourth-order valence-electron chi connectivity index (χ4n) is 1.42. The van der Waals surface area contributed by atoms with Gasteiger partial charge < -0.3 is 5.11 Å². The number of nitrogens with zero attached hydrogens (tertiary/aromatic N) is 4. The third-order valence-corrected chi connectivity index (χ3v) is 4.35. The molecule has 2 rings (SSSR count). The van der Waals surface area contributed by atoms with E-state index in [0.29, 0.717) is 0 Å². The molecule has 0 bridgehead atoms. The molecule has 0 unspecified atom stereocenters. The lowest BCUT2D eigenvalue weighted by Gasteiger charge is -2.09. The molecule has 0 fully saturated rings. The van der Waals surface area contributed by atoms with Crippen molar-refractivity contribution in [3.05, 3.63) is 27.7 Å². The van der Waals surface area contributed by atoms with Gasteiger partial charge in [0.25, 0.3) is 16.0 Å². The first-order valence-corrected chi connectivity index (χ1v) is 7.44. The molecule has 21 heavy (non-hydrogen) atoms. The normalized spacial score (nSPS) is 11.4. The minimum absolute atomic E-state index is 0.0933. The third kappa shape index (κ3) is 3.23. The lowest BCUT2D eigenvalue weighted by Crippen LogP contribution is -2.16. The van der Waals surface area contributed by atoms with Crippen LogP contribution in [0.1, 0.15) is 10.4 Å². The van der Waals surface area contributed by atoms with Crippen LogP contribution in [0.5, 0.6) is 0 Å². The Hall–Kier alpha value is -1.91. The molecule has 9 nitrogen and oxygen atoms in total. The van der Waals surface area contributed by atoms with Gasteiger partial charge in [0.1, 0.15) is 4.90 Å². The molecule has 112 valence electrons. The Balaban J connectivity index is 2.52. The van der Waals surface area contributed by atoms with E-state index in [-0.39, 0.29) is 11.0 Å². The van der Waals surface area contributed by atoms with Gasteiger partial charge in [-0.15, -0.1) is 5.10 Å². The monoisotopic (exact) mass is 351 g/mol. The van der Waals surface area contributed by atoms with Crippen LogP contribution in [-0.2, 0) is 17.1 Å². The van der Waals surface area contributed by atoms with Crippen LogP contribution in [0.4, 0.5) is 5.95 Å². The summed E-state index contributed by atoms with van der Waals surface area (Å²) < 4.78 is 26.4. The van der Waals surface area contributed by atoms with Gasteiger partial charge in [-0.1, -0.05) is 28.3 Å². The van der Waals surface area contributed by atoms with Crippen LogP contribution in [0.25, 0.3) is 0 Å². The number of halogens is 2.